The molecule has 0 fully saturated rings. The first-order valence-electron chi connectivity index (χ1n) is 7.89. The largest absolute Gasteiger partial charge is 2.00 e. The summed E-state index contributed by atoms with van der Waals surface area (Å²) >= 11 is 6.58. The summed E-state index contributed by atoms with van der Waals surface area (Å²) in [6, 6.07) is 12.8. The molecule has 0 amide bonds. The van der Waals surface area contributed by atoms with E-state index in [-0.39, 0.29) is 47.7 Å². The number of aromatic carboxylic acids is 1. The summed E-state index contributed by atoms with van der Waals surface area (Å²) in [5, 5.41) is 33.8. The van der Waals surface area contributed by atoms with Gasteiger partial charge in [0.15, 0.2) is 0 Å². The second kappa shape index (κ2) is 8.01. The molecule has 1 N–H and O–H groups in total. The summed E-state index contributed by atoms with van der Waals surface area (Å²) in [7, 11) is 0. The van der Waals surface area contributed by atoms with Crippen LogP contribution in [-0.2, 0) is 26.2 Å². The van der Waals surface area contributed by atoms with Crippen molar-refractivity contribution in [3.63, 3.8) is 0 Å². The smallest absolute Gasteiger partial charge is 0.872 e. The maximum atomic E-state index is 12.1. The van der Waals surface area contributed by atoms with E-state index in [2.05, 4.69) is 31.9 Å². The van der Waals surface area contributed by atoms with Crippen molar-refractivity contribution >= 4 is 37.8 Å². The summed E-state index contributed by atoms with van der Waals surface area (Å²) in [6.45, 7) is 0. The number of hydrogen-bond acceptors (Lipinski definition) is 5. The van der Waals surface area contributed by atoms with Gasteiger partial charge in [-0.2, -0.15) is 0 Å². The van der Waals surface area contributed by atoms with Gasteiger partial charge in [0, 0.05) is 22.6 Å². The topological polar surface area (TPSA) is 92.7 Å². The third-order valence-corrected chi connectivity index (χ3v) is 6.03. The van der Waals surface area contributed by atoms with E-state index in [1.807, 2.05) is 0 Å². The number of carbonyl (C=O) groups excluding carboxylic acids is 1. The molecule has 1 unspecified atom stereocenters. The van der Waals surface area contributed by atoms with Crippen LogP contribution >= 0.6 is 31.9 Å². The fourth-order valence-electron chi connectivity index (χ4n) is 3.31. The number of carboxylic acid groups (broad SMARTS) is 1. The van der Waals surface area contributed by atoms with Crippen LogP contribution in [0.3, 0.4) is 0 Å². The van der Waals surface area contributed by atoms with Crippen LogP contribution in [0, 0.1) is 0 Å². The summed E-state index contributed by atoms with van der Waals surface area (Å²) < 4.78 is 6.49. The first-order chi connectivity index (χ1) is 12.9. The van der Waals surface area contributed by atoms with E-state index in [1.165, 1.54) is 18.2 Å². The zero-order chi connectivity index (χ0) is 19.3. The number of hydrogen-bond donors (Lipinski definition) is 1. The zero-order valence-electron chi connectivity index (χ0n) is 14.0. The van der Waals surface area contributed by atoms with Gasteiger partial charge in [-0.05, 0) is 43.5 Å². The van der Waals surface area contributed by atoms with Crippen molar-refractivity contribution in [3.8, 4) is 23.0 Å². The zero-order valence-corrected chi connectivity index (χ0v) is 19.7. The van der Waals surface area contributed by atoms with Gasteiger partial charge >= 0.3 is 26.2 Å². The van der Waals surface area contributed by atoms with Gasteiger partial charge in [0.1, 0.15) is 21.7 Å². The first kappa shape index (κ1) is 21.1. The third kappa shape index (κ3) is 3.32. The van der Waals surface area contributed by atoms with Crippen molar-refractivity contribution in [1.82, 2.24) is 0 Å². The molecule has 5 nitrogen and oxygen atoms in total. The van der Waals surface area contributed by atoms with Gasteiger partial charge in [-0.15, -0.1) is 0 Å². The van der Waals surface area contributed by atoms with E-state index in [1.54, 1.807) is 30.3 Å². The summed E-state index contributed by atoms with van der Waals surface area (Å²) in [5.74, 6) is -1.49. The van der Waals surface area contributed by atoms with Gasteiger partial charge in [0.05, 0.1) is 10.4 Å². The maximum absolute atomic E-state index is 12.1. The Balaban J connectivity index is 0.00000225. The molecule has 0 bridgehead atoms. The molecule has 1 atom stereocenters. The van der Waals surface area contributed by atoms with Crippen LogP contribution in [0.25, 0.3) is 0 Å². The molecule has 3 aromatic carbocycles. The molecular formula is C20H10Br2O5Zr. The van der Waals surface area contributed by atoms with Crippen LogP contribution in [0.1, 0.15) is 33.0 Å². The molecule has 138 valence electrons. The minimum absolute atomic E-state index is 0. The first-order valence-corrected chi connectivity index (χ1v) is 9.47. The second-order valence-corrected chi connectivity index (χ2v) is 7.61. The van der Waals surface area contributed by atoms with Crippen LogP contribution in [0.4, 0.5) is 0 Å². The monoisotopic (exact) mass is 578 g/mol. The molecule has 1 aliphatic rings. The van der Waals surface area contributed by atoms with Gasteiger partial charge in [0.2, 0.25) is 0 Å². The number of fused-ring (bicyclic) bond motifs is 2. The fraction of sp³-hybridized carbons (Fsp3) is 0.0500. The Morgan fingerprint density at radius 2 is 1.54 bits per heavy atom. The van der Waals surface area contributed by atoms with E-state index in [4.69, 9.17) is 4.74 Å². The minimum Gasteiger partial charge on any atom is -0.872 e. The Kier molecular flexibility index (Phi) is 6.04. The molecule has 0 radical (unpaired) electrons. The summed E-state index contributed by atoms with van der Waals surface area (Å²) in [4.78, 5) is 11.7. The average Bonchev–Trinajstić information content (AvgIpc) is 2.66. The van der Waals surface area contributed by atoms with Gasteiger partial charge in [0.25, 0.3) is 0 Å². The average molecular weight is 581 g/mol. The van der Waals surface area contributed by atoms with Crippen LogP contribution in [0.2, 0.25) is 0 Å². The van der Waals surface area contributed by atoms with Crippen LogP contribution in [0.15, 0.2) is 57.5 Å². The Hall–Kier alpha value is -1.63. The number of ether oxygens (including phenoxy) is 1. The van der Waals surface area contributed by atoms with Crippen molar-refractivity contribution in [2.45, 2.75) is 5.92 Å². The van der Waals surface area contributed by atoms with Crippen molar-refractivity contribution in [2.24, 2.45) is 0 Å². The quantitative estimate of drug-likeness (QED) is 0.391. The van der Waals surface area contributed by atoms with Crippen molar-refractivity contribution in [2.75, 3.05) is 0 Å². The third-order valence-electron chi connectivity index (χ3n) is 4.52. The minimum atomic E-state index is -1.29. The Morgan fingerprint density at radius 1 is 0.929 bits per heavy atom. The maximum Gasteiger partial charge on any atom is 2.00 e. The number of halogens is 2. The normalized spacial score (nSPS) is 14.3. The van der Waals surface area contributed by atoms with Gasteiger partial charge in [-0.25, -0.2) is 0 Å². The number of carboxylic acids is 1. The molecular weight excluding hydrogens is 571 g/mol. The van der Waals surface area contributed by atoms with Crippen molar-refractivity contribution in [3.05, 3.63) is 79.7 Å². The SMILES string of the molecule is O=C([O-])c1ccccc1C1c2ccc([O-])c(Br)c2Oc2c1ccc(O)c2Br.[Zr+2]. The van der Waals surface area contributed by atoms with Gasteiger partial charge in [-0.1, -0.05) is 48.2 Å². The Bertz CT molecular complexity index is 1040. The Labute approximate surface area is 196 Å². The number of aromatic hydroxyl groups is 1. The molecule has 28 heavy (non-hydrogen) atoms. The summed E-state index contributed by atoms with van der Waals surface area (Å²) in [6.07, 6.45) is 0. The molecule has 4 rings (SSSR count). The van der Waals surface area contributed by atoms with E-state index in [0.29, 0.717) is 32.7 Å². The number of benzene rings is 3. The second-order valence-electron chi connectivity index (χ2n) is 6.02. The molecule has 0 spiro atoms. The molecule has 0 saturated carbocycles. The predicted octanol–water partition coefficient (Wildman–Crippen LogP) is 3.64. The predicted molar refractivity (Wildman–Crippen MR) is 101 cm³/mol. The van der Waals surface area contributed by atoms with Gasteiger partial charge in [-0.3, -0.25) is 0 Å². The van der Waals surface area contributed by atoms with E-state index in [9.17, 15) is 20.1 Å². The number of phenols is 1. The molecule has 0 aromatic heterocycles. The Morgan fingerprint density at radius 3 is 2.21 bits per heavy atom. The fourth-order valence-corrected chi connectivity index (χ4v) is 4.20. The van der Waals surface area contributed by atoms with E-state index in [0.717, 1.165) is 0 Å². The molecule has 0 saturated heterocycles. The van der Waals surface area contributed by atoms with E-state index < -0.39 is 11.9 Å². The molecule has 1 aliphatic heterocycles. The molecule has 8 heteroatoms. The van der Waals surface area contributed by atoms with E-state index >= 15 is 0 Å². The number of rotatable bonds is 2. The molecule has 0 aliphatic carbocycles. The van der Waals surface area contributed by atoms with Crippen LogP contribution in [-0.4, -0.2) is 11.1 Å². The van der Waals surface area contributed by atoms with Crippen LogP contribution in [0.5, 0.6) is 23.0 Å². The van der Waals surface area contributed by atoms with Crippen LogP contribution < -0.4 is 14.9 Å². The molecule has 1 heterocycles. The van der Waals surface area contributed by atoms with Crippen molar-refractivity contribution in [1.29, 1.82) is 0 Å². The summed E-state index contributed by atoms with van der Waals surface area (Å²) in [5.41, 5.74) is 1.85. The standard InChI is InChI=1S/C20H12Br2O5.Zr/c21-16-13(23)7-5-11-15(9-3-1-2-4-10(9)20(25)26)12-6-8-14(24)17(22)19(12)27-18(11)16;/h1-8,15,23-24H,(H,25,26);/q;+2/p-2. The van der Waals surface area contributed by atoms with Crippen molar-refractivity contribution < 1.29 is 51.1 Å². The molecule has 3 aromatic rings. The van der Waals surface area contributed by atoms with Gasteiger partial charge < -0.3 is 24.9 Å². The number of phenolic OH excluding ortho intramolecular Hbond substituents is 1. The number of carbonyl (C=O) groups is 1.